The van der Waals surface area contributed by atoms with Crippen molar-refractivity contribution in [2.75, 3.05) is 6.61 Å². The molecule has 0 spiro atoms. The van der Waals surface area contributed by atoms with E-state index in [0.717, 1.165) is 11.1 Å². The lowest BCUT2D eigenvalue weighted by molar-refractivity contribution is -0.134. The first-order chi connectivity index (χ1) is 12.9. The lowest BCUT2D eigenvalue weighted by Gasteiger charge is -2.18. The molecule has 2 rings (SSSR count). The number of nitrogens with one attached hydrogen (secondary N) is 2. The summed E-state index contributed by atoms with van der Waals surface area (Å²) in [4.78, 5) is 24.1. The van der Waals surface area contributed by atoms with Crippen LogP contribution in [0, 0.1) is 13.8 Å². The molecule has 0 aliphatic carbocycles. The van der Waals surface area contributed by atoms with Gasteiger partial charge in [0.05, 0.1) is 0 Å². The van der Waals surface area contributed by atoms with Crippen molar-refractivity contribution in [3.8, 4) is 11.5 Å². The molecule has 2 aromatic carbocycles. The van der Waals surface area contributed by atoms with Gasteiger partial charge in [-0.05, 0) is 61.7 Å². The number of ether oxygens (including phenoxy) is 2. The number of halogens is 1. The number of amides is 2. The minimum absolute atomic E-state index is 0.238. The van der Waals surface area contributed by atoms with Gasteiger partial charge in [-0.1, -0.05) is 30.7 Å². The third-order valence-electron chi connectivity index (χ3n) is 3.75. The molecule has 2 aromatic rings. The Morgan fingerprint density at radius 3 is 2.56 bits per heavy atom. The van der Waals surface area contributed by atoms with Crippen LogP contribution in [0.15, 0.2) is 42.5 Å². The van der Waals surface area contributed by atoms with Crippen molar-refractivity contribution in [2.24, 2.45) is 0 Å². The average molecular weight is 391 g/mol. The van der Waals surface area contributed by atoms with E-state index in [1.807, 2.05) is 39.0 Å². The first-order valence-electron chi connectivity index (χ1n) is 8.60. The van der Waals surface area contributed by atoms with Crippen LogP contribution >= 0.6 is 11.6 Å². The number of hydrogen-bond donors (Lipinski definition) is 2. The second-order valence-corrected chi connectivity index (χ2v) is 6.50. The molecule has 2 N–H and O–H groups in total. The van der Waals surface area contributed by atoms with Gasteiger partial charge in [0.25, 0.3) is 11.8 Å². The van der Waals surface area contributed by atoms with Gasteiger partial charge in [-0.15, -0.1) is 0 Å². The summed E-state index contributed by atoms with van der Waals surface area (Å²) in [5, 5.41) is 0.593. The van der Waals surface area contributed by atoms with Gasteiger partial charge in [0, 0.05) is 5.02 Å². The molecule has 2 amide bonds. The normalized spacial score (nSPS) is 11.4. The smallest absolute Gasteiger partial charge is 0.279 e. The molecular weight excluding hydrogens is 368 g/mol. The summed E-state index contributed by atoms with van der Waals surface area (Å²) >= 11 is 5.88. The van der Waals surface area contributed by atoms with Crippen LogP contribution in [0.3, 0.4) is 0 Å². The fourth-order valence-electron chi connectivity index (χ4n) is 2.34. The van der Waals surface area contributed by atoms with Crippen LogP contribution < -0.4 is 20.3 Å². The molecule has 7 heteroatoms. The van der Waals surface area contributed by atoms with Crippen molar-refractivity contribution in [3.05, 3.63) is 58.6 Å². The van der Waals surface area contributed by atoms with Crippen molar-refractivity contribution < 1.29 is 19.1 Å². The number of benzene rings is 2. The highest BCUT2D eigenvalue weighted by Crippen LogP contribution is 2.21. The largest absolute Gasteiger partial charge is 0.483 e. The zero-order valence-corrected chi connectivity index (χ0v) is 16.3. The average Bonchev–Trinajstić information content (AvgIpc) is 2.63. The van der Waals surface area contributed by atoms with E-state index in [-0.39, 0.29) is 6.61 Å². The van der Waals surface area contributed by atoms with Crippen molar-refractivity contribution in [1.82, 2.24) is 10.9 Å². The number of hydrogen-bond acceptors (Lipinski definition) is 4. The fraction of sp³-hybridized carbons (Fsp3) is 0.300. The molecule has 0 radical (unpaired) electrons. The van der Waals surface area contributed by atoms with E-state index < -0.39 is 17.9 Å². The van der Waals surface area contributed by atoms with Gasteiger partial charge in [-0.2, -0.15) is 0 Å². The quantitative estimate of drug-likeness (QED) is 0.711. The number of rotatable bonds is 7. The monoisotopic (exact) mass is 390 g/mol. The van der Waals surface area contributed by atoms with Gasteiger partial charge in [0.15, 0.2) is 12.7 Å². The Labute approximate surface area is 163 Å². The second-order valence-electron chi connectivity index (χ2n) is 6.07. The number of hydrazine groups is 1. The Balaban J connectivity index is 1.81. The molecule has 0 fully saturated rings. The van der Waals surface area contributed by atoms with E-state index >= 15 is 0 Å². The molecule has 144 valence electrons. The van der Waals surface area contributed by atoms with Crippen LogP contribution in [0.5, 0.6) is 11.5 Å². The van der Waals surface area contributed by atoms with Crippen LogP contribution in [0.2, 0.25) is 5.02 Å². The molecule has 0 saturated heterocycles. The molecule has 0 saturated carbocycles. The SMILES string of the molecule is CCC(Oc1cccc(C)c1)C(=O)NNC(=O)COc1ccc(Cl)cc1C. The molecule has 1 atom stereocenters. The van der Waals surface area contributed by atoms with Gasteiger partial charge >= 0.3 is 0 Å². The predicted octanol–water partition coefficient (Wildman–Crippen LogP) is 3.34. The minimum Gasteiger partial charge on any atom is -0.483 e. The molecule has 0 heterocycles. The summed E-state index contributed by atoms with van der Waals surface area (Å²) in [5.41, 5.74) is 6.54. The Morgan fingerprint density at radius 2 is 1.89 bits per heavy atom. The van der Waals surface area contributed by atoms with E-state index in [1.54, 1.807) is 24.3 Å². The van der Waals surface area contributed by atoms with Crippen molar-refractivity contribution in [1.29, 1.82) is 0 Å². The zero-order valence-electron chi connectivity index (χ0n) is 15.5. The standard InChI is InChI=1S/C20H23ClN2O4/c1-4-17(27-16-7-5-6-13(2)10-16)20(25)23-22-19(24)12-26-18-9-8-15(21)11-14(18)3/h5-11,17H,4,12H2,1-3H3,(H,22,24)(H,23,25). The zero-order chi connectivity index (χ0) is 19.8. The summed E-state index contributed by atoms with van der Waals surface area (Å²) in [7, 11) is 0. The van der Waals surface area contributed by atoms with E-state index in [9.17, 15) is 9.59 Å². The third-order valence-corrected chi connectivity index (χ3v) is 3.99. The van der Waals surface area contributed by atoms with Crippen LogP contribution in [-0.4, -0.2) is 24.5 Å². The first kappa shape index (κ1) is 20.6. The first-order valence-corrected chi connectivity index (χ1v) is 8.97. The molecule has 27 heavy (non-hydrogen) atoms. The van der Waals surface area contributed by atoms with E-state index in [1.165, 1.54) is 0 Å². The van der Waals surface area contributed by atoms with E-state index in [2.05, 4.69) is 10.9 Å². The molecule has 6 nitrogen and oxygen atoms in total. The van der Waals surface area contributed by atoms with Gasteiger partial charge in [-0.25, -0.2) is 0 Å². The molecule has 0 aliphatic heterocycles. The van der Waals surface area contributed by atoms with Crippen molar-refractivity contribution in [3.63, 3.8) is 0 Å². The predicted molar refractivity (Wildman–Crippen MR) is 104 cm³/mol. The van der Waals surface area contributed by atoms with Crippen LogP contribution in [0.4, 0.5) is 0 Å². The molecule has 1 unspecified atom stereocenters. The number of aryl methyl sites for hydroxylation is 2. The van der Waals surface area contributed by atoms with Crippen LogP contribution in [0.1, 0.15) is 24.5 Å². The van der Waals surface area contributed by atoms with Gasteiger partial charge in [-0.3, -0.25) is 20.4 Å². The summed E-state index contributed by atoms with van der Waals surface area (Å²) in [6.45, 7) is 5.36. The maximum Gasteiger partial charge on any atom is 0.279 e. The van der Waals surface area contributed by atoms with Gasteiger partial charge in [0.1, 0.15) is 11.5 Å². The minimum atomic E-state index is -0.716. The van der Waals surface area contributed by atoms with Gasteiger partial charge in [0.2, 0.25) is 0 Å². The Kier molecular flexibility index (Phi) is 7.49. The Morgan fingerprint density at radius 1 is 1.11 bits per heavy atom. The molecular formula is C20H23ClN2O4. The second kappa shape index (κ2) is 9.83. The molecule has 0 aromatic heterocycles. The summed E-state index contributed by atoms with van der Waals surface area (Å²) in [6, 6.07) is 12.5. The van der Waals surface area contributed by atoms with E-state index in [0.29, 0.717) is 22.9 Å². The highest BCUT2D eigenvalue weighted by Gasteiger charge is 2.19. The van der Waals surface area contributed by atoms with Crippen LogP contribution in [-0.2, 0) is 9.59 Å². The lowest BCUT2D eigenvalue weighted by Crippen LogP contribution is -2.49. The third kappa shape index (κ3) is 6.49. The number of carbonyl (C=O) groups is 2. The maximum atomic E-state index is 12.2. The summed E-state index contributed by atoms with van der Waals surface area (Å²) in [6.07, 6.45) is -0.262. The van der Waals surface area contributed by atoms with Crippen molar-refractivity contribution in [2.45, 2.75) is 33.3 Å². The topological polar surface area (TPSA) is 76.7 Å². The highest BCUT2D eigenvalue weighted by atomic mass is 35.5. The number of carbonyl (C=O) groups excluding carboxylic acids is 2. The highest BCUT2D eigenvalue weighted by molar-refractivity contribution is 6.30. The molecule has 0 bridgehead atoms. The Hall–Kier alpha value is -2.73. The van der Waals surface area contributed by atoms with Crippen molar-refractivity contribution >= 4 is 23.4 Å². The Bertz CT molecular complexity index is 810. The van der Waals surface area contributed by atoms with Crippen LogP contribution in [0.25, 0.3) is 0 Å². The fourth-order valence-corrected chi connectivity index (χ4v) is 2.57. The lowest BCUT2D eigenvalue weighted by atomic mass is 10.2. The van der Waals surface area contributed by atoms with Gasteiger partial charge < -0.3 is 9.47 Å². The van der Waals surface area contributed by atoms with E-state index in [4.69, 9.17) is 21.1 Å². The molecule has 0 aliphatic rings. The maximum absolute atomic E-state index is 12.2. The summed E-state index contributed by atoms with van der Waals surface area (Å²) in [5.74, 6) is 0.234. The summed E-state index contributed by atoms with van der Waals surface area (Å²) < 4.78 is 11.1.